The molecule has 0 aliphatic carbocycles. The van der Waals surface area contributed by atoms with Gasteiger partial charge in [0.2, 0.25) is 0 Å². The van der Waals surface area contributed by atoms with Crippen LogP contribution >= 0.6 is 11.3 Å². The monoisotopic (exact) mass is 387 g/mol. The first-order valence-electron chi connectivity index (χ1n) is 8.30. The Labute approximate surface area is 158 Å². The second-order valence-electron chi connectivity index (χ2n) is 5.93. The Kier molecular flexibility index (Phi) is 5.58. The Morgan fingerprint density at radius 3 is 2.46 bits per heavy atom. The SMILES string of the molecule is CCc1ccc(S(=O)(=O)Nc2ccc(N(C)Cc3ccccc3)nc2)s1. The first-order chi connectivity index (χ1) is 12.5. The van der Waals surface area contributed by atoms with Crippen LogP contribution in [0.3, 0.4) is 0 Å². The van der Waals surface area contributed by atoms with Crippen LogP contribution in [-0.4, -0.2) is 20.4 Å². The van der Waals surface area contributed by atoms with E-state index in [0.717, 1.165) is 23.7 Å². The molecule has 0 aliphatic heterocycles. The van der Waals surface area contributed by atoms with Crippen LogP contribution in [0, 0.1) is 0 Å². The maximum absolute atomic E-state index is 12.5. The third kappa shape index (κ3) is 4.42. The predicted octanol–water partition coefficient (Wildman–Crippen LogP) is 4.14. The van der Waals surface area contributed by atoms with Crippen LogP contribution in [0.15, 0.2) is 65.0 Å². The van der Waals surface area contributed by atoms with E-state index in [1.165, 1.54) is 16.9 Å². The van der Waals surface area contributed by atoms with Crippen molar-refractivity contribution in [3.8, 4) is 0 Å². The third-order valence-electron chi connectivity index (χ3n) is 3.90. The fourth-order valence-corrected chi connectivity index (χ4v) is 4.85. The largest absolute Gasteiger partial charge is 0.355 e. The van der Waals surface area contributed by atoms with Gasteiger partial charge >= 0.3 is 0 Å². The smallest absolute Gasteiger partial charge is 0.271 e. The van der Waals surface area contributed by atoms with E-state index in [0.29, 0.717) is 9.90 Å². The topological polar surface area (TPSA) is 62.3 Å². The number of nitrogens with zero attached hydrogens (tertiary/aromatic N) is 2. The minimum Gasteiger partial charge on any atom is -0.355 e. The van der Waals surface area contributed by atoms with Crippen LogP contribution < -0.4 is 9.62 Å². The molecule has 7 heteroatoms. The molecule has 0 aliphatic rings. The predicted molar refractivity (Wildman–Crippen MR) is 107 cm³/mol. The Morgan fingerprint density at radius 2 is 1.85 bits per heavy atom. The van der Waals surface area contributed by atoms with E-state index >= 15 is 0 Å². The molecule has 3 aromatic rings. The molecule has 0 atom stereocenters. The van der Waals surface area contributed by atoms with E-state index in [-0.39, 0.29) is 0 Å². The van der Waals surface area contributed by atoms with E-state index in [9.17, 15) is 8.42 Å². The van der Waals surface area contributed by atoms with Gasteiger partial charge in [0, 0.05) is 18.5 Å². The zero-order valence-electron chi connectivity index (χ0n) is 14.7. The Bertz CT molecular complexity index is 952. The van der Waals surface area contributed by atoms with Crippen LogP contribution in [-0.2, 0) is 23.0 Å². The molecule has 26 heavy (non-hydrogen) atoms. The number of rotatable bonds is 7. The Balaban J connectivity index is 1.69. The summed E-state index contributed by atoms with van der Waals surface area (Å²) in [5, 5.41) is 0. The normalized spacial score (nSPS) is 11.3. The molecule has 2 heterocycles. The van der Waals surface area contributed by atoms with Crippen molar-refractivity contribution in [3.05, 3.63) is 71.2 Å². The van der Waals surface area contributed by atoms with E-state index in [1.54, 1.807) is 18.3 Å². The highest BCUT2D eigenvalue weighted by atomic mass is 32.2. The lowest BCUT2D eigenvalue weighted by molar-refractivity contribution is 0.603. The summed E-state index contributed by atoms with van der Waals surface area (Å²) < 4.78 is 27.8. The Morgan fingerprint density at radius 1 is 1.08 bits per heavy atom. The number of hydrogen-bond acceptors (Lipinski definition) is 5. The van der Waals surface area contributed by atoms with Gasteiger partial charge in [-0.3, -0.25) is 4.72 Å². The number of hydrogen-bond donors (Lipinski definition) is 1. The number of thiophene rings is 1. The third-order valence-corrected chi connectivity index (χ3v) is 7.01. The van der Waals surface area contributed by atoms with Crippen molar-refractivity contribution in [2.45, 2.75) is 24.1 Å². The number of anilines is 2. The van der Waals surface area contributed by atoms with Crippen LogP contribution in [0.4, 0.5) is 11.5 Å². The van der Waals surface area contributed by atoms with Crippen molar-refractivity contribution in [3.63, 3.8) is 0 Å². The average molecular weight is 388 g/mol. The van der Waals surface area contributed by atoms with E-state index < -0.39 is 10.0 Å². The van der Waals surface area contributed by atoms with Gasteiger partial charge < -0.3 is 4.90 Å². The van der Waals surface area contributed by atoms with Gasteiger partial charge in [0.15, 0.2) is 0 Å². The number of nitrogens with one attached hydrogen (secondary N) is 1. The summed E-state index contributed by atoms with van der Waals surface area (Å²) in [6.45, 7) is 2.73. The molecule has 0 saturated heterocycles. The molecule has 0 radical (unpaired) electrons. The summed E-state index contributed by atoms with van der Waals surface area (Å²) in [6.07, 6.45) is 2.37. The van der Waals surface area contributed by atoms with Crippen molar-refractivity contribution < 1.29 is 8.42 Å². The maximum atomic E-state index is 12.5. The van der Waals surface area contributed by atoms with E-state index in [4.69, 9.17) is 0 Å². The fourth-order valence-electron chi connectivity index (χ4n) is 2.51. The van der Waals surface area contributed by atoms with E-state index in [2.05, 4.69) is 21.8 Å². The minimum atomic E-state index is -3.57. The molecule has 0 fully saturated rings. The first-order valence-corrected chi connectivity index (χ1v) is 10.6. The van der Waals surface area contributed by atoms with Gasteiger partial charge in [0.1, 0.15) is 10.0 Å². The molecule has 1 N–H and O–H groups in total. The number of aromatic nitrogens is 1. The molecular weight excluding hydrogens is 366 g/mol. The van der Waals surface area contributed by atoms with Gasteiger partial charge in [-0.05, 0) is 36.2 Å². The van der Waals surface area contributed by atoms with Crippen LogP contribution in [0.2, 0.25) is 0 Å². The number of benzene rings is 1. The molecule has 2 aromatic heterocycles. The number of pyridine rings is 1. The molecule has 0 amide bonds. The maximum Gasteiger partial charge on any atom is 0.271 e. The van der Waals surface area contributed by atoms with Gasteiger partial charge in [-0.2, -0.15) is 0 Å². The summed E-state index contributed by atoms with van der Waals surface area (Å²) in [5.41, 5.74) is 1.64. The van der Waals surface area contributed by atoms with Crippen molar-refractivity contribution >= 4 is 32.9 Å². The van der Waals surface area contributed by atoms with Gasteiger partial charge in [0.25, 0.3) is 10.0 Å². The van der Waals surface area contributed by atoms with Gasteiger partial charge in [-0.15, -0.1) is 11.3 Å². The Hall–Kier alpha value is -2.38. The van der Waals surface area contributed by atoms with Crippen molar-refractivity contribution in [2.75, 3.05) is 16.7 Å². The van der Waals surface area contributed by atoms with E-state index in [1.807, 2.05) is 49.2 Å². The lowest BCUT2D eigenvalue weighted by Crippen LogP contribution is -2.18. The summed E-state index contributed by atoms with van der Waals surface area (Å²) in [5.74, 6) is 0.779. The van der Waals surface area contributed by atoms with Crippen molar-refractivity contribution in [2.24, 2.45) is 0 Å². The summed E-state index contributed by atoms with van der Waals surface area (Å²) in [4.78, 5) is 7.43. The highest BCUT2D eigenvalue weighted by molar-refractivity contribution is 7.94. The second-order valence-corrected chi connectivity index (χ2v) is 9.00. The zero-order chi connectivity index (χ0) is 18.6. The standard InChI is InChI=1S/C19H21N3O2S2/c1-3-17-10-12-19(25-17)26(23,24)21-16-9-11-18(20-13-16)22(2)14-15-7-5-4-6-8-15/h4-13,21H,3,14H2,1-2H3. The van der Waals surface area contributed by atoms with Crippen LogP contribution in [0.25, 0.3) is 0 Å². The minimum absolute atomic E-state index is 0.319. The average Bonchev–Trinajstić information content (AvgIpc) is 3.13. The summed E-state index contributed by atoms with van der Waals surface area (Å²) >= 11 is 1.29. The molecule has 136 valence electrons. The quantitative estimate of drug-likeness (QED) is 0.662. The lowest BCUT2D eigenvalue weighted by atomic mass is 10.2. The number of aryl methyl sites for hydroxylation is 1. The van der Waals surface area contributed by atoms with Crippen molar-refractivity contribution in [1.82, 2.24) is 4.98 Å². The summed E-state index contributed by atoms with van der Waals surface area (Å²) in [7, 11) is -1.61. The van der Waals surface area contributed by atoms with Crippen LogP contribution in [0.1, 0.15) is 17.4 Å². The van der Waals surface area contributed by atoms with Crippen molar-refractivity contribution in [1.29, 1.82) is 0 Å². The molecule has 3 rings (SSSR count). The lowest BCUT2D eigenvalue weighted by Gasteiger charge is -2.18. The zero-order valence-corrected chi connectivity index (χ0v) is 16.3. The molecule has 0 saturated carbocycles. The molecule has 0 spiro atoms. The molecular formula is C19H21N3O2S2. The molecule has 1 aromatic carbocycles. The summed E-state index contributed by atoms with van der Waals surface area (Å²) in [6, 6.07) is 17.1. The first kappa shape index (κ1) is 18.4. The van der Waals surface area contributed by atoms with Gasteiger partial charge in [-0.1, -0.05) is 37.3 Å². The second kappa shape index (κ2) is 7.88. The van der Waals surface area contributed by atoms with Crippen LogP contribution in [0.5, 0.6) is 0 Å². The van der Waals surface area contributed by atoms with Gasteiger partial charge in [-0.25, -0.2) is 13.4 Å². The molecule has 5 nitrogen and oxygen atoms in total. The van der Waals surface area contributed by atoms with Gasteiger partial charge in [0.05, 0.1) is 11.9 Å². The molecule has 0 unspecified atom stereocenters. The highest BCUT2D eigenvalue weighted by Crippen LogP contribution is 2.24. The highest BCUT2D eigenvalue weighted by Gasteiger charge is 2.17. The molecule has 0 bridgehead atoms. The fraction of sp³-hybridized carbons (Fsp3) is 0.211. The number of sulfonamides is 1.